The highest BCUT2D eigenvalue weighted by Gasteiger charge is 2.27. The monoisotopic (exact) mass is 484 g/mol. The minimum absolute atomic E-state index is 0. The van der Waals surface area contributed by atoms with Gasteiger partial charge in [-0.2, -0.15) is 10.2 Å². The Bertz CT molecular complexity index is 999. The van der Waals surface area contributed by atoms with Crippen LogP contribution in [-0.2, 0) is 6.54 Å². The summed E-state index contributed by atoms with van der Waals surface area (Å²) in [6.45, 7) is 10.4. The molecule has 0 amide bonds. The Hall–Kier alpha value is -2.51. The maximum atomic E-state index is 12.8. The van der Waals surface area contributed by atoms with Crippen LogP contribution >= 0.6 is 11.9 Å². The molecule has 0 saturated carbocycles. The molecule has 0 N–H and O–H groups in total. The summed E-state index contributed by atoms with van der Waals surface area (Å²) in [4.78, 5) is 2.49. The van der Waals surface area contributed by atoms with Gasteiger partial charge in [-0.25, -0.2) is 8.78 Å². The number of anilines is 1. The van der Waals surface area contributed by atoms with Gasteiger partial charge in [0.25, 0.3) is 6.43 Å². The molecule has 2 aromatic carbocycles. The van der Waals surface area contributed by atoms with Gasteiger partial charge in [-0.15, -0.1) is 0 Å². The van der Waals surface area contributed by atoms with Crippen molar-refractivity contribution in [3.05, 3.63) is 77.9 Å². The number of benzene rings is 2. The second-order valence-corrected chi connectivity index (χ2v) is 9.59. The summed E-state index contributed by atoms with van der Waals surface area (Å²) in [6.07, 6.45) is -1.36. The van der Waals surface area contributed by atoms with Gasteiger partial charge in [-0.1, -0.05) is 69.0 Å². The van der Waals surface area contributed by atoms with Crippen molar-refractivity contribution in [2.24, 2.45) is 16.1 Å². The molecule has 0 atom stereocenters. The lowest BCUT2D eigenvalue weighted by Crippen LogP contribution is -2.48. The largest absolute Gasteiger partial charge is 0.312 e. The molecule has 2 aliphatic heterocycles. The summed E-state index contributed by atoms with van der Waals surface area (Å²) in [5, 5.41) is 7.56. The first-order valence-electron chi connectivity index (χ1n) is 11.4. The number of rotatable bonds is 11. The quantitative estimate of drug-likeness (QED) is 0.263. The van der Waals surface area contributed by atoms with Crippen molar-refractivity contribution in [1.29, 1.82) is 0 Å². The highest BCUT2D eigenvalue weighted by atomic mass is 32.2. The molecule has 1 fully saturated rings. The smallest absolute Gasteiger partial charge is 0.278 e. The summed E-state index contributed by atoms with van der Waals surface area (Å²) >= 11 is 1.84. The number of nitrogens with zero attached hydrogens (tertiary/aromatic N) is 4. The number of hydrogen-bond donors (Lipinski definition) is 0. The third-order valence-electron chi connectivity index (χ3n) is 6.20. The van der Waals surface area contributed by atoms with Crippen molar-refractivity contribution in [3.8, 4) is 0 Å². The molecule has 2 heterocycles. The average Bonchev–Trinajstić information content (AvgIpc) is 3.31. The molecular weight excluding hydrogens is 450 g/mol. The maximum absolute atomic E-state index is 12.8. The Labute approximate surface area is 206 Å². The molecule has 0 bridgehead atoms. The zero-order valence-electron chi connectivity index (χ0n) is 19.0. The summed E-state index contributed by atoms with van der Waals surface area (Å²) < 4.78 is 28.0. The molecule has 0 unspecified atom stereocenters. The van der Waals surface area contributed by atoms with Crippen LogP contribution in [-0.4, -0.2) is 48.1 Å². The summed E-state index contributed by atoms with van der Waals surface area (Å²) in [5.74, 6) is 1.68. The van der Waals surface area contributed by atoms with Gasteiger partial charge in [-0.05, 0) is 41.6 Å². The standard InChI is InChI=1S/C26H30F2N4S.CH4/c1-3-19(2)22-17-31(18-22)13-14-33-32(23-7-5-4-6-8-23)16-20-9-11-21(12-10-20)24-15-25(26(27)28)30-29-24;/h4-12,22,26H,2-3,13-18H2,1H3;1H4. The Morgan fingerprint density at radius 3 is 2.44 bits per heavy atom. The molecule has 2 aliphatic rings. The third kappa shape index (κ3) is 6.54. The Morgan fingerprint density at radius 2 is 1.82 bits per heavy atom. The first kappa shape index (κ1) is 26.1. The van der Waals surface area contributed by atoms with E-state index in [4.69, 9.17) is 0 Å². The van der Waals surface area contributed by atoms with Crippen LogP contribution in [0, 0.1) is 5.92 Å². The molecule has 0 spiro atoms. The number of likely N-dealkylation sites (tertiary alicyclic amines) is 1. The summed E-state index contributed by atoms with van der Waals surface area (Å²) in [6, 6.07) is 18.4. The maximum Gasteiger partial charge on any atom is 0.278 e. The molecule has 1 saturated heterocycles. The van der Waals surface area contributed by atoms with Crippen LogP contribution in [0.3, 0.4) is 0 Å². The molecule has 0 radical (unpaired) electrons. The number of halogens is 2. The fourth-order valence-corrected chi connectivity index (χ4v) is 5.07. The first-order valence-corrected chi connectivity index (χ1v) is 12.3. The van der Waals surface area contributed by atoms with Crippen molar-refractivity contribution >= 4 is 29.1 Å². The van der Waals surface area contributed by atoms with E-state index in [1.807, 2.05) is 42.3 Å². The lowest BCUT2D eigenvalue weighted by Gasteiger charge is -2.40. The van der Waals surface area contributed by atoms with E-state index in [1.54, 1.807) is 0 Å². The second-order valence-electron chi connectivity index (χ2n) is 8.49. The van der Waals surface area contributed by atoms with E-state index in [1.165, 1.54) is 11.3 Å². The van der Waals surface area contributed by atoms with Crippen LogP contribution in [0.15, 0.2) is 77.0 Å². The fraction of sp³-hybridized carbons (Fsp3) is 0.407. The van der Waals surface area contributed by atoms with Crippen LogP contribution in [0.25, 0.3) is 0 Å². The fourth-order valence-electron chi connectivity index (χ4n) is 4.00. The van der Waals surface area contributed by atoms with Crippen LogP contribution in [0.1, 0.15) is 38.3 Å². The topological polar surface area (TPSA) is 31.2 Å². The Balaban J connectivity index is 0.00000324. The number of alkyl halides is 2. The van der Waals surface area contributed by atoms with Gasteiger partial charge in [0.1, 0.15) is 5.71 Å². The van der Waals surface area contributed by atoms with E-state index in [0.717, 1.165) is 49.5 Å². The van der Waals surface area contributed by atoms with E-state index in [2.05, 4.69) is 57.2 Å². The SMILES string of the molecule is C.C=C(CC)C1CN(CCSN(Cc2ccc(C3=NN=C(C(F)F)C3)cc2)c2ccccc2)C1. The predicted octanol–water partition coefficient (Wildman–Crippen LogP) is 6.69. The van der Waals surface area contributed by atoms with Crippen molar-refractivity contribution in [1.82, 2.24) is 4.90 Å². The lowest BCUT2D eigenvalue weighted by molar-refractivity contribution is 0.131. The van der Waals surface area contributed by atoms with Gasteiger partial charge in [0, 0.05) is 43.4 Å². The summed E-state index contributed by atoms with van der Waals surface area (Å²) in [5.41, 5.74) is 4.99. The normalized spacial score (nSPS) is 16.0. The lowest BCUT2D eigenvalue weighted by atomic mass is 9.91. The van der Waals surface area contributed by atoms with Gasteiger partial charge in [-0.3, -0.25) is 0 Å². The highest BCUT2D eigenvalue weighted by Crippen LogP contribution is 2.28. The molecule has 7 heteroatoms. The van der Waals surface area contributed by atoms with Crippen LogP contribution < -0.4 is 4.31 Å². The van der Waals surface area contributed by atoms with E-state index < -0.39 is 6.43 Å². The zero-order chi connectivity index (χ0) is 23.2. The molecule has 2 aromatic rings. The van der Waals surface area contributed by atoms with Crippen molar-refractivity contribution in [3.63, 3.8) is 0 Å². The summed E-state index contributed by atoms with van der Waals surface area (Å²) in [7, 11) is 0. The molecule has 182 valence electrons. The van der Waals surface area contributed by atoms with Crippen LogP contribution in [0.5, 0.6) is 0 Å². The first-order chi connectivity index (χ1) is 16.0. The van der Waals surface area contributed by atoms with Gasteiger partial charge in [0.15, 0.2) is 0 Å². The second kappa shape index (κ2) is 12.3. The molecule has 0 aromatic heterocycles. The van der Waals surface area contributed by atoms with Crippen molar-refractivity contribution in [2.75, 3.05) is 29.7 Å². The van der Waals surface area contributed by atoms with Crippen LogP contribution in [0.4, 0.5) is 14.5 Å². The van der Waals surface area contributed by atoms with Crippen molar-refractivity contribution in [2.45, 2.75) is 40.2 Å². The van der Waals surface area contributed by atoms with Gasteiger partial charge >= 0.3 is 0 Å². The predicted molar refractivity (Wildman–Crippen MR) is 142 cm³/mol. The molecule has 4 rings (SSSR count). The van der Waals surface area contributed by atoms with E-state index >= 15 is 0 Å². The van der Waals surface area contributed by atoms with Crippen LogP contribution in [0.2, 0.25) is 0 Å². The average molecular weight is 485 g/mol. The van der Waals surface area contributed by atoms with Crippen molar-refractivity contribution < 1.29 is 8.78 Å². The third-order valence-corrected chi connectivity index (χ3v) is 7.22. The van der Waals surface area contributed by atoms with Gasteiger partial charge < -0.3 is 9.21 Å². The number of para-hydroxylation sites is 1. The number of hydrogen-bond acceptors (Lipinski definition) is 5. The van der Waals surface area contributed by atoms with Gasteiger partial charge in [0.05, 0.1) is 12.3 Å². The molecular formula is C27H34F2N4S. The Kier molecular flexibility index (Phi) is 9.42. The minimum Gasteiger partial charge on any atom is -0.312 e. The molecule has 4 nitrogen and oxygen atoms in total. The van der Waals surface area contributed by atoms with E-state index in [9.17, 15) is 8.78 Å². The minimum atomic E-state index is -2.55. The highest BCUT2D eigenvalue weighted by molar-refractivity contribution is 8.00. The van der Waals surface area contributed by atoms with E-state index in [-0.39, 0.29) is 19.6 Å². The molecule has 34 heavy (non-hydrogen) atoms. The van der Waals surface area contributed by atoms with E-state index in [0.29, 0.717) is 11.6 Å². The zero-order valence-corrected chi connectivity index (χ0v) is 19.8. The molecule has 0 aliphatic carbocycles. The van der Waals surface area contributed by atoms with Gasteiger partial charge in [0.2, 0.25) is 0 Å². The Morgan fingerprint density at radius 1 is 1.12 bits per heavy atom.